The van der Waals surface area contributed by atoms with Gasteiger partial charge in [-0.3, -0.25) is 0 Å². The first-order valence-electron chi connectivity index (χ1n) is 5.89. The van der Waals surface area contributed by atoms with Crippen LogP contribution in [0.4, 0.5) is 0 Å². The van der Waals surface area contributed by atoms with Crippen molar-refractivity contribution in [1.29, 1.82) is 0 Å². The molecule has 0 aliphatic heterocycles. The van der Waals surface area contributed by atoms with Gasteiger partial charge >= 0.3 is 0 Å². The monoisotopic (exact) mass is 376 g/mol. The third-order valence-electron chi connectivity index (χ3n) is 2.86. The van der Waals surface area contributed by atoms with Crippen molar-refractivity contribution in [2.24, 2.45) is 0 Å². The Morgan fingerprint density at radius 2 is 2.05 bits per heavy atom. The maximum atomic E-state index is 10.3. The molecule has 20 heavy (non-hydrogen) atoms. The summed E-state index contributed by atoms with van der Waals surface area (Å²) in [4.78, 5) is 1.09. The molecule has 0 aliphatic carbocycles. The highest BCUT2D eigenvalue weighted by Crippen LogP contribution is 2.38. The Morgan fingerprint density at radius 1 is 1.30 bits per heavy atom. The fourth-order valence-electron chi connectivity index (χ4n) is 1.90. The van der Waals surface area contributed by atoms with Crippen LogP contribution in [0.1, 0.15) is 16.5 Å². The second kappa shape index (κ2) is 6.80. The van der Waals surface area contributed by atoms with Gasteiger partial charge in [0.15, 0.2) is 11.5 Å². The van der Waals surface area contributed by atoms with Crippen LogP contribution >= 0.6 is 38.9 Å². The summed E-state index contributed by atoms with van der Waals surface area (Å²) in [7, 11) is 3.07. The molecule has 1 atom stereocenters. The Kier molecular flexibility index (Phi) is 5.32. The van der Waals surface area contributed by atoms with Gasteiger partial charge in [0.05, 0.1) is 29.1 Å². The first-order chi connectivity index (χ1) is 9.55. The van der Waals surface area contributed by atoms with Crippen LogP contribution in [0.3, 0.4) is 0 Å². The Morgan fingerprint density at radius 3 is 2.60 bits per heavy atom. The van der Waals surface area contributed by atoms with Crippen LogP contribution in [0.5, 0.6) is 11.5 Å². The summed E-state index contributed by atoms with van der Waals surface area (Å²) in [5, 5.41) is 10.8. The lowest BCUT2D eigenvalue weighted by Gasteiger charge is -2.15. The number of halogens is 2. The summed E-state index contributed by atoms with van der Waals surface area (Å²) in [6.45, 7) is 0. The average molecular weight is 378 g/mol. The molecule has 2 aromatic rings. The maximum Gasteiger partial charge on any atom is 0.179 e. The highest BCUT2D eigenvalue weighted by molar-refractivity contribution is 9.11. The molecule has 0 spiro atoms. The number of hydrogen-bond donors (Lipinski definition) is 1. The van der Waals surface area contributed by atoms with Gasteiger partial charge in [-0.05, 0) is 45.8 Å². The largest absolute Gasteiger partial charge is 0.493 e. The molecule has 1 unspecified atom stereocenters. The molecule has 1 N–H and O–H groups in total. The van der Waals surface area contributed by atoms with Crippen LogP contribution < -0.4 is 9.47 Å². The van der Waals surface area contributed by atoms with E-state index in [4.69, 9.17) is 21.1 Å². The molecule has 1 heterocycles. The summed E-state index contributed by atoms with van der Waals surface area (Å²) in [6.07, 6.45) is -0.111. The van der Waals surface area contributed by atoms with Crippen molar-refractivity contribution < 1.29 is 14.6 Å². The van der Waals surface area contributed by atoms with Crippen molar-refractivity contribution in [2.75, 3.05) is 14.2 Å². The molecule has 0 bridgehead atoms. The lowest BCUT2D eigenvalue weighted by Crippen LogP contribution is -2.02. The predicted molar refractivity (Wildman–Crippen MR) is 85.2 cm³/mol. The minimum absolute atomic E-state index is 0.424. The minimum Gasteiger partial charge on any atom is -0.493 e. The second-order valence-electron chi connectivity index (χ2n) is 4.16. The molecule has 3 nitrogen and oxygen atoms in total. The van der Waals surface area contributed by atoms with Gasteiger partial charge in [-0.1, -0.05) is 11.6 Å². The van der Waals surface area contributed by atoms with Crippen molar-refractivity contribution in [3.8, 4) is 11.5 Å². The summed E-state index contributed by atoms with van der Waals surface area (Å²) in [5.74, 6) is 0.991. The Balaban J connectivity index is 2.25. The van der Waals surface area contributed by atoms with Gasteiger partial charge in [-0.15, -0.1) is 11.3 Å². The maximum absolute atomic E-state index is 10.3. The second-order valence-corrected chi connectivity index (χ2v) is 7.12. The molecular formula is C14H14BrClO3S. The van der Waals surface area contributed by atoms with Crippen molar-refractivity contribution in [1.82, 2.24) is 0 Å². The number of aliphatic hydroxyl groups excluding tert-OH is 1. The van der Waals surface area contributed by atoms with E-state index in [2.05, 4.69) is 15.9 Å². The van der Waals surface area contributed by atoms with E-state index in [1.165, 1.54) is 7.11 Å². The first-order valence-corrected chi connectivity index (χ1v) is 7.87. The fourth-order valence-corrected chi connectivity index (χ4v) is 3.72. The summed E-state index contributed by atoms with van der Waals surface area (Å²) in [5.41, 5.74) is 0.706. The Labute approximate surface area is 135 Å². The van der Waals surface area contributed by atoms with E-state index in [1.807, 2.05) is 12.1 Å². The zero-order valence-electron chi connectivity index (χ0n) is 11.0. The van der Waals surface area contributed by atoms with E-state index in [9.17, 15) is 5.11 Å². The Hall–Kier alpha value is -0.750. The van der Waals surface area contributed by atoms with Crippen LogP contribution in [0.15, 0.2) is 28.1 Å². The number of hydrogen-bond acceptors (Lipinski definition) is 4. The molecule has 0 radical (unpaired) electrons. The van der Waals surface area contributed by atoms with Gasteiger partial charge in [0.1, 0.15) is 0 Å². The number of benzene rings is 1. The van der Waals surface area contributed by atoms with Crippen LogP contribution in [0.25, 0.3) is 0 Å². The van der Waals surface area contributed by atoms with Gasteiger partial charge in [0.25, 0.3) is 0 Å². The number of ether oxygens (including phenoxy) is 2. The van der Waals surface area contributed by atoms with Crippen LogP contribution in [0.2, 0.25) is 5.02 Å². The molecular weight excluding hydrogens is 364 g/mol. The zero-order chi connectivity index (χ0) is 14.7. The minimum atomic E-state index is -0.641. The lowest BCUT2D eigenvalue weighted by atomic mass is 10.1. The standard InChI is InChI=1S/C14H14BrClO3S/c1-18-12-6-8(5-10(16)14(12)19-2)11(17)7-9-3-4-13(15)20-9/h3-6,11,17H,7H2,1-2H3. The van der Waals surface area contributed by atoms with Crippen LogP contribution in [-0.4, -0.2) is 19.3 Å². The third-order valence-corrected chi connectivity index (χ3v) is 4.79. The first kappa shape index (κ1) is 15.6. The summed E-state index contributed by atoms with van der Waals surface area (Å²) >= 11 is 11.2. The molecule has 1 aromatic carbocycles. The number of methoxy groups -OCH3 is 2. The highest BCUT2D eigenvalue weighted by atomic mass is 79.9. The zero-order valence-corrected chi connectivity index (χ0v) is 14.2. The number of thiophene rings is 1. The van der Waals surface area contributed by atoms with Gasteiger partial charge in [0, 0.05) is 11.3 Å². The summed E-state index contributed by atoms with van der Waals surface area (Å²) < 4.78 is 11.5. The molecule has 2 rings (SSSR count). The molecule has 0 fully saturated rings. The molecule has 0 saturated carbocycles. The smallest absolute Gasteiger partial charge is 0.179 e. The van der Waals surface area contributed by atoms with E-state index in [1.54, 1.807) is 30.6 Å². The van der Waals surface area contributed by atoms with Gasteiger partial charge in [0.2, 0.25) is 0 Å². The highest BCUT2D eigenvalue weighted by Gasteiger charge is 2.16. The van der Waals surface area contributed by atoms with Gasteiger partial charge < -0.3 is 14.6 Å². The normalized spacial score (nSPS) is 12.2. The molecule has 1 aromatic heterocycles. The Bertz CT molecular complexity index is 600. The summed E-state index contributed by atoms with van der Waals surface area (Å²) in [6, 6.07) is 7.41. The SMILES string of the molecule is COc1cc(C(O)Cc2ccc(Br)s2)cc(Cl)c1OC. The van der Waals surface area contributed by atoms with Crippen molar-refractivity contribution in [3.63, 3.8) is 0 Å². The number of aliphatic hydroxyl groups is 1. The molecule has 6 heteroatoms. The van der Waals surface area contributed by atoms with Gasteiger partial charge in [-0.25, -0.2) is 0 Å². The van der Waals surface area contributed by atoms with E-state index >= 15 is 0 Å². The molecule has 0 aliphatic rings. The average Bonchev–Trinajstić information content (AvgIpc) is 2.82. The predicted octanol–water partition coefficient (Wildman–Crippen LogP) is 4.46. The van der Waals surface area contributed by atoms with E-state index in [-0.39, 0.29) is 0 Å². The van der Waals surface area contributed by atoms with Crippen LogP contribution in [0, 0.1) is 0 Å². The number of rotatable bonds is 5. The fraction of sp³-hybridized carbons (Fsp3) is 0.286. The van der Waals surface area contributed by atoms with E-state index in [0.717, 1.165) is 8.66 Å². The van der Waals surface area contributed by atoms with Crippen LogP contribution in [-0.2, 0) is 6.42 Å². The van der Waals surface area contributed by atoms with Crippen molar-refractivity contribution in [3.05, 3.63) is 43.5 Å². The molecule has 0 amide bonds. The third kappa shape index (κ3) is 3.47. The lowest BCUT2D eigenvalue weighted by molar-refractivity contribution is 0.179. The van der Waals surface area contributed by atoms with Crippen molar-refractivity contribution >= 4 is 38.9 Å². The van der Waals surface area contributed by atoms with Crippen molar-refractivity contribution in [2.45, 2.75) is 12.5 Å². The van der Waals surface area contributed by atoms with Gasteiger partial charge in [-0.2, -0.15) is 0 Å². The van der Waals surface area contributed by atoms with E-state index in [0.29, 0.717) is 28.5 Å². The molecule has 108 valence electrons. The quantitative estimate of drug-likeness (QED) is 0.836. The molecule has 0 saturated heterocycles. The van der Waals surface area contributed by atoms with E-state index < -0.39 is 6.10 Å². The topological polar surface area (TPSA) is 38.7 Å².